The number of piperidine rings is 1. The van der Waals surface area contributed by atoms with E-state index in [1.165, 1.54) is 11.2 Å². The van der Waals surface area contributed by atoms with E-state index in [1.807, 2.05) is 6.92 Å². The van der Waals surface area contributed by atoms with Gasteiger partial charge in [0.1, 0.15) is 0 Å². The summed E-state index contributed by atoms with van der Waals surface area (Å²) in [6, 6.07) is 6.89. The van der Waals surface area contributed by atoms with E-state index in [0.29, 0.717) is 43.7 Å². The van der Waals surface area contributed by atoms with Crippen molar-refractivity contribution in [3.8, 4) is 0 Å². The molecule has 1 fully saturated rings. The maximum absolute atomic E-state index is 12.4. The zero-order chi connectivity index (χ0) is 18.4. The van der Waals surface area contributed by atoms with Crippen LogP contribution in [0.1, 0.15) is 33.1 Å². The Balaban J connectivity index is 1.87. The Morgan fingerprint density at radius 3 is 2.08 bits per heavy atom. The smallest absolute Gasteiger partial charge is 0.227 e. The molecule has 0 unspecified atom stereocenters. The average Bonchev–Trinajstić information content (AvgIpc) is 2.56. The van der Waals surface area contributed by atoms with Gasteiger partial charge in [-0.05, 0) is 43.5 Å². The summed E-state index contributed by atoms with van der Waals surface area (Å²) in [6.07, 6.45) is 1.65. The predicted molar refractivity (Wildman–Crippen MR) is 97.8 cm³/mol. The van der Waals surface area contributed by atoms with Crippen molar-refractivity contribution in [3.63, 3.8) is 0 Å². The average molecular weight is 367 g/mol. The molecule has 0 spiro atoms. The van der Waals surface area contributed by atoms with Crippen LogP contribution >= 0.6 is 0 Å². The number of hydrogen-bond donors (Lipinski definition) is 2. The fourth-order valence-corrected chi connectivity index (χ4v) is 4.41. The number of carbonyl (C=O) groups is 2. The maximum Gasteiger partial charge on any atom is 0.227 e. The van der Waals surface area contributed by atoms with Crippen molar-refractivity contribution in [1.82, 2.24) is 4.31 Å². The van der Waals surface area contributed by atoms with E-state index < -0.39 is 10.0 Å². The van der Waals surface area contributed by atoms with Crippen molar-refractivity contribution >= 4 is 33.2 Å². The van der Waals surface area contributed by atoms with Gasteiger partial charge in [-0.1, -0.05) is 6.92 Å². The molecule has 0 radical (unpaired) electrons. The minimum absolute atomic E-state index is 0.0974. The van der Waals surface area contributed by atoms with Gasteiger partial charge in [0.2, 0.25) is 21.8 Å². The molecule has 7 nitrogen and oxygen atoms in total. The van der Waals surface area contributed by atoms with E-state index in [2.05, 4.69) is 10.6 Å². The molecule has 25 heavy (non-hydrogen) atoms. The molecule has 2 amide bonds. The number of nitrogens with zero attached hydrogens (tertiary/aromatic N) is 1. The Bertz CT molecular complexity index is 708. The first-order valence-corrected chi connectivity index (χ1v) is 10.1. The van der Waals surface area contributed by atoms with Crippen LogP contribution in [-0.2, 0) is 19.6 Å². The summed E-state index contributed by atoms with van der Waals surface area (Å²) in [7, 11) is -3.19. The molecular formula is C17H25N3O4S. The van der Waals surface area contributed by atoms with E-state index in [1.54, 1.807) is 24.3 Å². The van der Waals surface area contributed by atoms with Crippen LogP contribution in [0.25, 0.3) is 0 Å². The van der Waals surface area contributed by atoms with Crippen LogP contribution < -0.4 is 10.6 Å². The normalized spacial score (nSPS) is 16.4. The first kappa shape index (κ1) is 19.4. The second kappa shape index (κ2) is 8.44. The van der Waals surface area contributed by atoms with E-state index in [-0.39, 0.29) is 23.5 Å². The van der Waals surface area contributed by atoms with Crippen LogP contribution in [0, 0.1) is 5.92 Å². The molecule has 1 heterocycles. The Kier molecular flexibility index (Phi) is 6.55. The Morgan fingerprint density at radius 1 is 1.08 bits per heavy atom. The molecule has 2 rings (SSSR count). The highest BCUT2D eigenvalue weighted by molar-refractivity contribution is 7.89. The summed E-state index contributed by atoms with van der Waals surface area (Å²) in [4.78, 5) is 23.4. The summed E-state index contributed by atoms with van der Waals surface area (Å²) in [5.74, 6) is -0.283. The number of benzene rings is 1. The largest absolute Gasteiger partial charge is 0.326 e. The fraction of sp³-hybridized carbons (Fsp3) is 0.529. The minimum Gasteiger partial charge on any atom is -0.326 e. The van der Waals surface area contributed by atoms with Gasteiger partial charge in [-0.3, -0.25) is 9.59 Å². The van der Waals surface area contributed by atoms with Crippen molar-refractivity contribution in [2.75, 3.05) is 29.5 Å². The molecule has 1 aromatic rings. The third-order valence-corrected chi connectivity index (χ3v) is 6.23. The lowest BCUT2D eigenvalue weighted by atomic mass is 9.97. The lowest BCUT2D eigenvalue weighted by Crippen LogP contribution is -2.42. The van der Waals surface area contributed by atoms with Crippen molar-refractivity contribution in [2.45, 2.75) is 33.1 Å². The molecular weight excluding hydrogens is 342 g/mol. The van der Waals surface area contributed by atoms with Crippen molar-refractivity contribution < 1.29 is 18.0 Å². The van der Waals surface area contributed by atoms with Gasteiger partial charge in [0.25, 0.3) is 0 Å². The molecule has 0 saturated carbocycles. The minimum atomic E-state index is -3.19. The van der Waals surface area contributed by atoms with E-state index in [4.69, 9.17) is 0 Å². The summed E-state index contributed by atoms with van der Waals surface area (Å²) in [6.45, 7) is 4.06. The molecule has 1 aliphatic heterocycles. The summed E-state index contributed by atoms with van der Waals surface area (Å²) in [5, 5.41) is 5.52. The zero-order valence-electron chi connectivity index (χ0n) is 14.6. The van der Waals surface area contributed by atoms with Crippen molar-refractivity contribution in [3.05, 3.63) is 24.3 Å². The molecule has 0 atom stereocenters. The number of nitrogens with one attached hydrogen (secondary N) is 2. The van der Waals surface area contributed by atoms with Crippen LogP contribution in [0.15, 0.2) is 24.3 Å². The third-order valence-electron chi connectivity index (χ3n) is 4.15. The number of sulfonamides is 1. The topological polar surface area (TPSA) is 95.6 Å². The summed E-state index contributed by atoms with van der Waals surface area (Å²) < 4.78 is 25.6. The molecule has 1 aromatic carbocycles. The second-order valence-electron chi connectivity index (χ2n) is 6.24. The van der Waals surface area contributed by atoms with E-state index >= 15 is 0 Å². The van der Waals surface area contributed by atoms with Gasteiger partial charge in [0, 0.05) is 37.3 Å². The van der Waals surface area contributed by atoms with Gasteiger partial charge in [-0.15, -0.1) is 0 Å². The Labute approximate surface area is 148 Å². The highest BCUT2D eigenvalue weighted by atomic mass is 32.2. The first-order valence-electron chi connectivity index (χ1n) is 8.48. The number of anilines is 2. The quantitative estimate of drug-likeness (QED) is 0.804. The van der Waals surface area contributed by atoms with Gasteiger partial charge >= 0.3 is 0 Å². The van der Waals surface area contributed by atoms with Crippen LogP contribution in [0.5, 0.6) is 0 Å². The highest BCUT2D eigenvalue weighted by Gasteiger charge is 2.30. The second-order valence-corrected chi connectivity index (χ2v) is 8.33. The highest BCUT2D eigenvalue weighted by Crippen LogP contribution is 2.22. The Morgan fingerprint density at radius 2 is 1.60 bits per heavy atom. The molecule has 138 valence electrons. The molecule has 0 aromatic heterocycles. The Hall–Kier alpha value is -1.93. The molecule has 0 aliphatic carbocycles. The van der Waals surface area contributed by atoms with E-state index in [9.17, 15) is 18.0 Å². The van der Waals surface area contributed by atoms with Gasteiger partial charge < -0.3 is 10.6 Å². The fourth-order valence-electron chi connectivity index (χ4n) is 2.87. The molecule has 1 saturated heterocycles. The first-order chi connectivity index (χ1) is 11.8. The number of amides is 2. The maximum atomic E-state index is 12.4. The predicted octanol–water partition coefficient (Wildman–Crippen LogP) is 2.04. The molecule has 2 N–H and O–H groups in total. The number of hydrogen-bond acceptors (Lipinski definition) is 4. The molecule has 0 bridgehead atoms. The summed E-state index contributed by atoms with van der Waals surface area (Å²) in [5.41, 5.74) is 1.32. The van der Waals surface area contributed by atoms with Crippen molar-refractivity contribution in [1.29, 1.82) is 0 Å². The van der Waals surface area contributed by atoms with Gasteiger partial charge in [0.05, 0.1) is 5.75 Å². The zero-order valence-corrected chi connectivity index (χ0v) is 15.4. The SMILES string of the molecule is CCCS(=O)(=O)N1CCC(C(=O)Nc2ccc(NC(C)=O)cc2)CC1. The van der Waals surface area contributed by atoms with Gasteiger partial charge in [0.15, 0.2) is 0 Å². The molecule has 1 aliphatic rings. The standard InChI is InChI=1S/C17H25N3O4S/c1-3-12-25(23,24)20-10-8-14(9-11-20)17(22)19-16-6-4-15(5-7-16)18-13(2)21/h4-7,14H,3,8-12H2,1-2H3,(H,18,21)(H,19,22). The van der Waals surface area contributed by atoms with E-state index in [0.717, 1.165) is 0 Å². The van der Waals surface area contributed by atoms with Crippen LogP contribution in [-0.4, -0.2) is 43.4 Å². The lowest BCUT2D eigenvalue weighted by molar-refractivity contribution is -0.121. The third kappa shape index (κ3) is 5.54. The summed E-state index contributed by atoms with van der Waals surface area (Å²) >= 11 is 0. The van der Waals surface area contributed by atoms with Crippen LogP contribution in [0.3, 0.4) is 0 Å². The molecule has 8 heteroatoms. The van der Waals surface area contributed by atoms with Crippen LogP contribution in [0.2, 0.25) is 0 Å². The van der Waals surface area contributed by atoms with Crippen molar-refractivity contribution in [2.24, 2.45) is 5.92 Å². The lowest BCUT2D eigenvalue weighted by Gasteiger charge is -2.30. The number of carbonyl (C=O) groups excluding carboxylic acids is 2. The van der Waals surface area contributed by atoms with Crippen LogP contribution in [0.4, 0.5) is 11.4 Å². The van der Waals surface area contributed by atoms with Gasteiger partial charge in [-0.2, -0.15) is 0 Å². The van der Waals surface area contributed by atoms with Gasteiger partial charge in [-0.25, -0.2) is 12.7 Å². The number of rotatable bonds is 6. The monoisotopic (exact) mass is 367 g/mol.